The first-order valence-corrected chi connectivity index (χ1v) is 6.06. The summed E-state index contributed by atoms with van der Waals surface area (Å²) < 4.78 is 0. The Hall–Kier alpha value is -1.16. The molecule has 0 amide bonds. The molecule has 0 bridgehead atoms. The summed E-state index contributed by atoms with van der Waals surface area (Å²) in [7, 11) is 0. The maximum atomic E-state index is 5.93. The summed E-state index contributed by atoms with van der Waals surface area (Å²) in [5, 5.41) is 11.2. The van der Waals surface area contributed by atoms with Crippen LogP contribution in [0.1, 0.15) is 32.1 Å². The molecule has 0 aliphatic heterocycles. The summed E-state index contributed by atoms with van der Waals surface area (Å²) in [6.45, 7) is 1.68. The van der Waals surface area contributed by atoms with Gasteiger partial charge >= 0.3 is 0 Å². The van der Waals surface area contributed by atoms with Gasteiger partial charge in [0.1, 0.15) is 5.82 Å². The van der Waals surface area contributed by atoms with Gasteiger partial charge in [0.15, 0.2) is 0 Å². The van der Waals surface area contributed by atoms with E-state index >= 15 is 0 Å². The molecule has 0 spiro atoms. The molecule has 1 aliphatic carbocycles. The Morgan fingerprint density at radius 2 is 2.12 bits per heavy atom. The number of hydrogen-bond acceptors (Lipinski definition) is 4. The molecule has 16 heavy (non-hydrogen) atoms. The van der Waals surface area contributed by atoms with Crippen molar-refractivity contribution in [3.63, 3.8) is 0 Å². The third kappa shape index (κ3) is 2.70. The van der Waals surface area contributed by atoms with Crippen molar-refractivity contribution in [2.75, 3.05) is 18.4 Å². The zero-order valence-electron chi connectivity index (χ0n) is 9.65. The third-order valence-electron chi connectivity index (χ3n) is 3.56. The smallest absolute Gasteiger partial charge is 0.148 e. The molecule has 1 aliphatic rings. The zero-order valence-corrected chi connectivity index (χ0v) is 9.65. The largest absolute Gasteiger partial charge is 0.368 e. The topological polar surface area (TPSA) is 63.8 Å². The molecule has 1 fully saturated rings. The van der Waals surface area contributed by atoms with Gasteiger partial charge in [0.25, 0.3) is 0 Å². The van der Waals surface area contributed by atoms with Gasteiger partial charge in [-0.1, -0.05) is 19.3 Å². The number of aromatic nitrogens is 2. The first kappa shape index (κ1) is 11.3. The van der Waals surface area contributed by atoms with E-state index in [0.29, 0.717) is 0 Å². The molecule has 4 nitrogen and oxygen atoms in total. The zero-order chi connectivity index (χ0) is 11.3. The van der Waals surface area contributed by atoms with Crippen LogP contribution in [0, 0.1) is 5.41 Å². The summed E-state index contributed by atoms with van der Waals surface area (Å²) in [6, 6.07) is 3.84. The van der Waals surface area contributed by atoms with Crippen LogP contribution in [0.4, 0.5) is 5.82 Å². The Kier molecular flexibility index (Phi) is 3.72. The highest BCUT2D eigenvalue weighted by atomic mass is 15.2. The molecule has 0 radical (unpaired) electrons. The van der Waals surface area contributed by atoms with Crippen molar-refractivity contribution in [1.82, 2.24) is 10.2 Å². The van der Waals surface area contributed by atoms with E-state index in [-0.39, 0.29) is 5.41 Å². The van der Waals surface area contributed by atoms with Crippen LogP contribution >= 0.6 is 0 Å². The van der Waals surface area contributed by atoms with E-state index in [1.807, 2.05) is 12.1 Å². The molecule has 1 aromatic rings. The first-order chi connectivity index (χ1) is 7.85. The van der Waals surface area contributed by atoms with Crippen LogP contribution in [0.15, 0.2) is 18.3 Å². The normalized spacial score (nSPS) is 19.3. The molecule has 0 atom stereocenters. The third-order valence-corrected chi connectivity index (χ3v) is 3.56. The molecular weight excluding hydrogens is 200 g/mol. The second-order valence-electron chi connectivity index (χ2n) is 4.73. The lowest BCUT2D eigenvalue weighted by Gasteiger charge is -2.36. The monoisotopic (exact) mass is 220 g/mol. The highest BCUT2D eigenvalue weighted by Gasteiger charge is 2.30. The van der Waals surface area contributed by atoms with Gasteiger partial charge in [-0.05, 0) is 36.9 Å². The van der Waals surface area contributed by atoms with E-state index in [1.165, 1.54) is 32.1 Å². The van der Waals surface area contributed by atoms with Gasteiger partial charge in [0.05, 0.1) is 0 Å². The molecule has 0 aromatic carbocycles. The Morgan fingerprint density at radius 3 is 2.75 bits per heavy atom. The van der Waals surface area contributed by atoms with Crippen LogP contribution in [0.25, 0.3) is 0 Å². The minimum absolute atomic E-state index is 0.274. The van der Waals surface area contributed by atoms with Crippen LogP contribution < -0.4 is 11.1 Å². The van der Waals surface area contributed by atoms with Crippen LogP contribution in [0.3, 0.4) is 0 Å². The number of nitrogens with zero attached hydrogens (tertiary/aromatic N) is 2. The van der Waals surface area contributed by atoms with Gasteiger partial charge in [-0.15, -0.1) is 5.10 Å². The second kappa shape index (κ2) is 5.25. The fourth-order valence-corrected chi connectivity index (χ4v) is 2.43. The predicted molar refractivity (Wildman–Crippen MR) is 65.1 cm³/mol. The van der Waals surface area contributed by atoms with Crippen molar-refractivity contribution in [3.8, 4) is 0 Å². The van der Waals surface area contributed by atoms with Gasteiger partial charge in [-0.2, -0.15) is 5.10 Å². The molecular formula is C12H20N4. The maximum absolute atomic E-state index is 5.93. The molecule has 1 saturated carbocycles. The molecule has 2 rings (SSSR count). The molecule has 88 valence electrons. The van der Waals surface area contributed by atoms with E-state index in [4.69, 9.17) is 5.73 Å². The number of nitrogens with two attached hydrogens (primary N) is 1. The van der Waals surface area contributed by atoms with Crippen molar-refractivity contribution < 1.29 is 0 Å². The predicted octanol–water partition coefficient (Wildman–Crippen LogP) is 1.80. The van der Waals surface area contributed by atoms with Crippen LogP contribution in [0.5, 0.6) is 0 Å². The summed E-state index contributed by atoms with van der Waals surface area (Å²) in [5.41, 5.74) is 6.20. The van der Waals surface area contributed by atoms with Crippen molar-refractivity contribution in [1.29, 1.82) is 0 Å². The van der Waals surface area contributed by atoms with Crippen LogP contribution in [-0.2, 0) is 0 Å². The summed E-state index contributed by atoms with van der Waals surface area (Å²) in [6.07, 6.45) is 8.11. The van der Waals surface area contributed by atoms with Gasteiger partial charge in [-0.25, -0.2) is 0 Å². The van der Waals surface area contributed by atoms with E-state index in [9.17, 15) is 0 Å². The summed E-state index contributed by atoms with van der Waals surface area (Å²) in [4.78, 5) is 0. The fourth-order valence-electron chi connectivity index (χ4n) is 2.43. The molecule has 1 aromatic heterocycles. The molecule has 1 heterocycles. The minimum Gasteiger partial charge on any atom is -0.368 e. The van der Waals surface area contributed by atoms with E-state index in [0.717, 1.165) is 18.9 Å². The van der Waals surface area contributed by atoms with Crippen molar-refractivity contribution in [3.05, 3.63) is 18.3 Å². The SMILES string of the molecule is NCC1(CNc2cccnn2)CCCCC1. The van der Waals surface area contributed by atoms with Gasteiger partial charge in [-0.3, -0.25) is 0 Å². The van der Waals surface area contributed by atoms with Gasteiger partial charge < -0.3 is 11.1 Å². The number of hydrogen-bond donors (Lipinski definition) is 2. The molecule has 0 unspecified atom stereocenters. The molecule has 4 heteroatoms. The highest BCUT2D eigenvalue weighted by molar-refractivity contribution is 5.31. The summed E-state index contributed by atoms with van der Waals surface area (Å²) in [5.74, 6) is 0.848. The van der Waals surface area contributed by atoms with E-state index in [1.54, 1.807) is 6.20 Å². The van der Waals surface area contributed by atoms with E-state index in [2.05, 4.69) is 15.5 Å². The second-order valence-corrected chi connectivity index (χ2v) is 4.73. The standard InChI is InChI=1S/C12H20N4/c13-9-12(6-2-1-3-7-12)10-14-11-5-4-8-15-16-11/h4-5,8H,1-3,6-7,9-10,13H2,(H,14,16). The maximum Gasteiger partial charge on any atom is 0.148 e. The Bertz CT molecular complexity index is 306. The van der Waals surface area contributed by atoms with E-state index < -0.39 is 0 Å². The van der Waals surface area contributed by atoms with Gasteiger partial charge in [0, 0.05) is 12.7 Å². The van der Waals surface area contributed by atoms with Crippen molar-refractivity contribution >= 4 is 5.82 Å². The lowest BCUT2D eigenvalue weighted by atomic mass is 9.74. The number of rotatable bonds is 4. The fraction of sp³-hybridized carbons (Fsp3) is 0.667. The number of anilines is 1. The van der Waals surface area contributed by atoms with Crippen LogP contribution in [0.2, 0.25) is 0 Å². The lowest BCUT2D eigenvalue weighted by Crippen LogP contribution is -2.39. The lowest BCUT2D eigenvalue weighted by molar-refractivity contribution is 0.215. The average Bonchev–Trinajstić information content (AvgIpc) is 2.39. The minimum atomic E-state index is 0.274. The summed E-state index contributed by atoms with van der Waals surface area (Å²) >= 11 is 0. The Labute approximate surface area is 96.6 Å². The molecule has 0 saturated heterocycles. The Balaban J connectivity index is 1.92. The highest BCUT2D eigenvalue weighted by Crippen LogP contribution is 2.35. The Morgan fingerprint density at radius 1 is 1.31 bits per heavy atom. The van der Waals surface area contributed by atoms with Crippen molar-refractivity contribution in [2.24, 2.45) is 11.1 Å². The average molecular weight is 220 g/mol. The first-order valence-electron chi connectivity index (χ1n) is 6.06. The van der Waals surface area contributed by atoms with Crippen LogP contribution in [-0.4, -0.2) is 23.3 Å². The molecule has 3 N–H and O–H groups in total. The van der Waals surface area contributed by atoms with Crippen molar-refractivity contribution in [2.45, 2.75) is 32.1 Å². The quantitative estimate of drug-likeness (QED) is 0.812. The van der Waals surface area contributed by atoms with Gasteiger partial charge in [0.2, 0.25) is 0 Å². The number of nitrogens with one attached hydrogen (secondary N) is 1.